The molecule has 1 aliphatic rings. The highest BCUT2D eigenvalue weighted by atomic mass is 35.5. The fraction of sp³-hybridized carbons (Fsp3) is 0.286. The van der Waals surface area contributed by atoms with Crippen LogP contribution >= 0.6 is 24.8 Å². The summed E-state index contributed by atoms with van der Waals surface area (Å²) in [4.78, 5) is 19.3. The minimum absolute atomic E-state index is 0. The van der Waals surface area contributed by atoms with Gasteiger partial charge in [-0.15, -0.1) is 24.8 Å². The van der Waals surface area contributed by atoms with Gasteiger partial charge in [0.15, 0.2) is 0 Å². The average Bonchev–Trinajstić information content (AvgIpc) is 3.13. The van der Waals surface area contributed by atoms with Gasteiger partial charge in [0.25, 0.3) is 0 Å². The topological polar surface area (TPSA) is 69.8 Å². The molecule has 1 saturated heterocycles. The van der Waals surface area contributed by atoms with Crippen molar-refractivity contribution in [2.24, 2.45) is 0 Å². The Bertz CT molecular complexity index is 568. The van der Waals surface area contributed by atoms with Crippen molar-refractivity contribution in [3.63, 3.8) is 0 Å². The largest absolute Gasteiger partial charge is 0.345 e. The molecule has 1 atom stereocenters. The molecule has 2 aromatic rings. The number of halogens is 2. The molecule has 5 nitrogen and oxygen atoms in total. The quantitative estimate of drug-likeness (QED) is 0.811. The first-order valence-electron chi connectivity index (χ1n) is 6.47. The van der Waals surface area contributed by atoms with E-state index in [0.717, 1.165) is 36.5 Å². The summed E-state index contributed by atoms with van der Waals surface area (Å²) >= 11 is 0. The van der Waals surface area contributed by atoms with Gasteiger partial charge >= 0.3 is 0 Å². The lowest BCUT2D eigenvalue weighted by atomic mass is 10.1. The first kappa shape index (κ1) is 17.5. The maximum atomic E-state index is 12.0. The molecule has 0 spiro atoms. The van der Waals surface area contributed by atoms with Crippen LogP contribution in [0.4, 0.5) is 5.69 Å². The molecule has 1 aliphatic heterocycles. The van der Waals surface area contributed by atoms with Crippen LogP contribution in [0.3, 0.4) is 0 Å². The number of rotatable bonds is 3. The monoisotopic (exact) mass is 328 g/mol. The number of carbonyl (C=O) groups excluding carboxylic acids is 1. The third-order valence-corrected chi connectivity index (χ3v) is 3.28. The number of nitrogens with one attached hydrogen (secondary N) is 3. The third kappa shape index (κ3) is 4.20. The van der Waals surface area contributed by atoms with Crippen LogP contribution in [0.15, 0.2) is 36.7 Å². The molecule has 7 heteroatoms. The van der Waals surface area contributed by atoms with Crippen LogP contribution in [-0.2, 0) is 4.79 Å². The molecular formula is C14H18Cl2N4O. The fourth-order valence-corrected chi connectivity index (χ4v) is 2.31. The van der Waals surface area contributed by atoms with E-state index in [4.69, 9.17) is 0 Å². The standard InChI is InChI=1S/C14H16N4O.2ClH/c19-14(12-5-2-6-15-12)18-11-4-1-3-10(9-11)13-16-7-8-17-13;;/h1,3-4,7-9,12,15H,2,5-6H2,(H,16,17)(H,18,19);2*1H/t12-;;/m0../s1. The molecule has 1 fully saturated rings. The van der Waals surface area contributed by atoms with Gasteiger partial charge in [-0.05, 0) is 31.5 Å². The Kier molecular flexibility index (Phi) is 6.68. The summed E-state index contributed by atoms with van der Waals surface area (Å²) in [7, 11) is 0. The van der Waals surface area contributed by atoms with Crippen molar-refractivity contribution in [3.8, 4) is 11.4 Å². The number of aromatic nitrogens is 2. The Morgan fingerprint density at radius 2 is 2.19 bits per heavy atom. The predicted octanol–water partition coefficient (Wildman–Crippen LogP) is 2.61. The first-order chi connectivity index (χ1) is 9.33. The van der Waals surface area contributed by atoms with E-state index in [1.165, 1.54) is 0 Å². The van der Waals surface area contributed by atoms with Crippen LogP contribution in [0.5, 0.6) is 0 Å². The summed E-state index contributed by atoms with van der Waals surface area (Å²) in [6.07, 6.45) is 5.46. The van der Waals surface area contributed by atoms with Crippen molar-refractivity contribution in [2.45, 2.75) is 18.9 Å². The van der Waals surface area contributed by atoms with Crippen molar-refractivity contribution in [1.29, 1.82) is 0 Å². The van der Waals surface area contributed by atoms with E-state index >= 15 is 0 Å². The number of hydrogen-bond acceptors (Lipinski definition) is 3. The second-order valence-corrected chi connectivity index (χ2v) is 4.66. The Labute approximate surface area is 135 Å². The van der Waals surface area contributed by atoms with Crippen molar-refractivity contribution in [3.05, 3.63) is 36.7 Å². The Morgan fingerprint density at radius 1 is 1.33 bits per heavy atom. The SMILES string of the molecule is Cl.Cl.O=C(Nc1cccc(-c2ncc[nH]2)c1)[C@@H]1CCCN1. The smallest absolute Gasteiger partial charge is 0.241 e. The lowest BCUT2D eigenvalue weighted by Crippen LogP contribution is -2.35. The van der Waals surface area contributed by atoms with Gasteiger partial charge in [0.1, 0.15) is 5.82 Å². The molecule has 0 radical (unpaired) electrons. The van der Waals surface area contributed by atoms with E-state index in [9.17, 15) is 4.79 Å². The molecule has 1 amide bonds. The molecular weight excluding hydrogens is 311 g/mol. The van der Waals surface area contributed by atoms with E-state index in [0.29, 0.717) is 0 Å². The molecule has 3 rings (SSSR count). The van der Waals surface area contributed by atoms with E-state index in [-0.39, 0.29) is 36.8 Å². The van der Waals surface area contributed by atoms with Gasteiger partial charge in [0.05, 0.1) is 6.04 Å². The van der Waals surface area contributed by atoms with E-state index in [2.05, 4.69) is 20.6 Å². The second-order valence-electron chi connectivity index (χ2n) is 4.66. The number of amides is 1. The summed E-state index contributed by atoms with van der Waals surface area (Å²) in [6.45, 7) is 0.921. The van der Waals surface area contributed by atoms with Gasteiger partial charge in [0, 0.05) is 23.6 Å². The fourth-order valence-electron chi connectivity index (χ4n) is 2.31. The Balaban J connectivity index is 0.00000110. The summed E-state index contributed by atoms with van der Waals surface area (Å²) in [5, 5.41) is 6.13. The first-order valence-corrected chi connectivity index (χ1v) is 6.47. The summed E-state index contributed by atoms with van der Waals surface area (Å²) in [5.74, 6) is 0.837. The number of carbonyl (C=O) groups is 1. The highest BCUT2D eigenvalue weighted by Gasteiger charge is 2.21. The van der Waals surface area contributed by atoms with Crippen molar-refractivity contribution in [2.75, 3.05) is 11.9 Å². The Hall–Kier alpha value is -1.56. The van der Waals surface area contributed by atoms with Crippen LogP contribution in [0.25, 0.3) is 11.4 Å². The Morgan fingerprint density at radius 3 is 2.86 bits per heavy atom. The molecule has 0 bridgehead atoms. The van der Waals surface area contributed by atoms with Crippen molar-refractivity contribution < 1.29 is 4.79 Å². The lowest BCUT2D eigenvalue weighted by Gasteiger charge is -2.11. The minimum Gasteiger partial charge on any atom is -0.345 e. The van der Waals surface area contributed by atoms with Gasteiger partial charge in [-0.3, -0.25) is 4.79 Å². The van der Waals surface area contributed by atoms with Crippen molar-refractivity contribution in [1.82, 2.24) is 15.3 Å². The van der Waals surface area contributed by atoms with E-state index in [1.54, 1.807) is 12.4 Å². The second kappa shape index (κ2) is 8.02. The van der Waals surface area contributed by atoms with Gasteiger partial charge in [-0.25, -0.2) is 4.98 Å². The maximum absolute atomic E-state index is 12.0. The predicted molar refractivity (Wildman–Crippen MR) is 88.2 cm³/mol. The maximum Gasteiger partial charge on any atom is 0.241 e. The molecule has 2 heterocycles. The van der Waals surface area contributed by atoms with Crippen molar-refractivity contribution >= 4 is 36.4 Å². The summed E-state index contributed by atoms with van der Waals surface area (Å²) < 4.78 is 0. The molecule has 1 aromatic carbocycles. The van der Waals surface area contributed by atoms with Crippen LogP contribution in [0.1, 0.15) is 12.8 Å². The van der Waals surface area contributed by atoms with Crippen LogP contribution in [0.2, 0.25) is 0 Å². The summed E-state index contributed by atoms with van der Waals surface area (Å²) in [6, 6.07) is 7.62. The van der Waals surface area contributed by atoms with Gasteiger partial charge in [-0.2, -0.15) is 0 Å². The molecule has 114 valence electrons. The zero-order valence-corrected chi connectivity index (χ0v) is 13.0. The zero-order chi connectivity index (χ0) is 13.1. The third-order valence-electron chi connectivity index (χ3n) is 3.28. The number of anilines is 1. The van der Waals surface area contributed by atoms with Crippen LogP contribution in [0, 0.1) is 0 Å². The van der Waals surface area contributed by atoms with Gasteiger partial charge in [0.2, 0.25) is 5.91 Å². The molecule has 1 aromatic heterocycles. The molecule has 0 saturated carbocycles. The molecule has 0 aliphatic carbocycles. The number of imidazole rings is 1. The number of H-pyrrole nitrogens is 1. The molecule has 3 N–H and O–H groups in total. The van der Waals surface area contributed by atoms with E-state index in [1.807, 2.05) is 24.3 Å². The normalized spacial score (nSPS) is 16.7. The van der Waals surface area contributed by atoms with Gasteiger partial charge in [-0.1, -0.05) is 12.1 Å². The zero-order valence-electron chi connectivity index (χ0n) is 11.3. The number of aromatic amines is 1. The molecule has 0 unspecified atom stereocenters. The minimum atomic E-state index is -0.0627. The van der Waals surface area contributed by atoms with Crippen LogP contribution in [-0.4, -0.2) is 28.5 Å². The highest BCUT2D eigenvalue weighted by molar-refractivity contribution is 5.95. The number of nitrogens with zero attached hydrogens (tertiary/aromatic N) is 1. The lowest BCUT2D eigenvalue weighted by molar-refractivity contribution is -0.117. The average molecular weight is 329 g/mol. The number of benzene rings is 1. The van der Waals surface area contributed by atoms with Crippen LogP contribution < -0.4 is 10.6 Å². The number of hydrogen-bond donors (Lipinski definition) is 3. The van der Waals surface area contributed by atoms with E-state index < -0.39 is 0 Å². The molecule has 21 heavy (non-hydrogen) atoms. The highest BCUT2D eigenvalue weighted by Crippen LogP contribution is 2.19. The van der Waals surface area contributed by atoms with Gasteiger partial charge < -0.3 is 15.6 Å². The summed E-state index contributed by atoms with van der Waals surface area (Å²) in [5.41, 5.74) is 1.76.